The van der Waals surface area contributed by atoms with Gasteiger partial charge in [0.25, 0.3) is 0 Å². The lowest BCUT2D eigenvalue weighted by Crippen LogP contribution is -2.47. The van der Waals surface area contributed by atoms with E-state index >= 15 is 0 Å². The van der Waals surface area contributed by atoms with Crippen LogP contribution in [-0.4, -0.2) is 41.4 Å². The SMILES string of the molecule is O=C(CCN1CCC(C(=O)O)(c2ccccc2)CC1)c1cccs1. The van der Waals surface area contributed by atoms with Gasteiger partial charge in [-0.15, -0.1) is 11.3 Å². The molecule has 1 aliphatic rings. The van der Waals surface area contributed by atoms with E-state index in [1.165, 1.54) is 11.3 Å². The Morgan fingerprint density at radius 2 is 1.79 bits per heavy atom. The van der Waals surface area contributed by atoms with Crippen LogP contribution in [0.4, 0.5) is 0 Å². The van der Waals surface area contributed by atoms with Gasteiger partial charge in [-0.2, -0.15) is 0 Å². The summed E-state index contributed by atoms with van der Waals surface area (Å²) in [7, 11) is 0. The predicted octanol–water partition coefficient (Wildman–Crippen LogP) is 3.44. The maximum atomic E-state index is 12.1. The minimum atomic E-state index is -0.796. The summed E-state index contributed by atoms with van der Waals surface area (Å²) < 4.78 is 0. The van der Waals surface area contributed by atoms with Gasteiger partial charge in [-0.1, -0.05) is 36.4 Å². The lowest BCUT2D eigenvalue weighted by atomic mass is 9.73. The second kappa shape index (κ2) is 7.28. The summed E-state index contributed by atoms with van der Waals surface area (Å²) in [5.74, 6) is -0.578. The van der Waals surface area contributed by atoms with Crippen molar-refractivity contribution in [2.75, 3.05) is 19.6 Å². The Labute approximate surface area is 145 Å². The number of carbonyl (C=O) groups is 2. The third-order valence-electron chi connectivity index (χ3n) is 4.90. The van der Waals surface area contributed by atoms with Crippen LogP contribution in [0.5, 0.6) is 0 Å². The molecule has 0 bridgehead atoms. The number of likely N-dealkylation sites (tertiary alicyclic amines) is 1. The number of thiophene rings is 1. The van der Waals surface area contributed by atoms with Crippen molar-refractivity contribution in [3.05, 3.63) is 58.3 Å². The molecule has 4 nitrogen and oxygen atoms in total. The Morgan fingerprint density at radius 1 is 1.08 bits per heavy atom. The van der Waals surface area contributed by atoms with Gasteiger partial charge >= 0.3 is 5.97 Å². The number of Topliss-reactive ketones (excluding diaryl/α,β-unsaturated/α-hetero) is 1. The van der Waals surface area contributed by atoms with E-state index in [0.717, 1.165) is 10.4 Å². The van der Waals surface area contributed by atoms with E-state index in [9.17, 15) is 14.7 Å². The highest BCUT2D eigenvalue weighted by molar-refractivity contribution is 7.12. The fourth-order valence-electron chi connectivity index (χ4n) is 3.36. The van der Waals surface area contributed by atoms with Crippen LogP contribution in [0.15, 0.2) is 47.8 Å². The first-order valence-electron chi connectivity index (χ1n) is 8.20. The highest BCUT2D eigenvalue weighted by atomic mass is 32.1. The van der Waals surface area contributed by atoms with Crippen LogP contribution in [-0.2, 0) is 10.2 Å². The van der Waals surface area contributed by atoms with Gasteiger partial charge in [-0.25, -0.2) is 0 Å². The molecule has 1 saturated heterocycles. The number of rotatable bonds is 6. The standard InChI is InChI=1S/C19H21NO3S/c21-16(17-7-4-14-24-17)8-11-20-12-9-19(10-13-20,18(22)23)15-5-2-1-3-6-15/h1-7,14H,8-13H2,(H,22,23). The Morgan fingerprint density at radius 3 is 2.38 bits per heavy atom. The Hall–Kier alpha value is -1.98. The number of piperidine rings is 1. The summed E-state index contributed by atoms with van der Waals surface area (Å²) in [6.45, 7) is 2.11. The second-order valence-electron chi connectivity index (χ2n) is 6.25. The number of ketones is 1. The number of hydrogen-bond acceptors (Lipinski definition) is 4. The molecule has 1 aromatic carbocycles. The van der Waals surface area contributed by atoms with E-state index in [1.54, 1.807) is 0 Å². The van der Waals surface area contributed by atoms with E-state index in [1.807, 2.05) is 47.8 Å². The molecule has 1 aliphatic heterocycles. The monoisotopic (exact) mass is 343 g/mol. The number of hydrogen-bond donors (Lipinski definition) is 1. The van der Waals surface area contributed by atoms with E-state index < -0.39 is 11.4 Å². The fraction of sp³-hybridized carbons (Fsp3) is 0.368. The zero-order valence-electron chi connectivity index (χ0n) is 13.5. The van der Waals surface area contributed by atoms with E-state index in [2.05, 4.69) is 4.90 Å². The average molecular weight is 343 g/mol. The van der Waals surface area contributed by atoms with Gasteiger partial charge < -0.3 is 10.0 Å². The topological polar surface area (TPSA) is 57.6 Å². The summed E-state index contributed by atoms with van der Waals surface area (Å²) in [6.07, 6.45) is 1.66. The van der Waals surface area contributed by atoms with Gasteiger partial charge in [0, 0.05) is 13.0 Å². The Balaban J connectivity index is 1.60. The molecular weight excluding hydrogens is 322 g/mol. The van der Waals surface area contributed by atoms with Crippen molar-refractivity contribution in [1.82, 2.24) is 4.90 Å². The Kier molecular flexibility index (Phi) is 5.11. The summed E-state index contributed by atoms with van der Waals surface area (Å²) >= 11 is 1.47. The summed E-state index contributed by atoms with van der Waals surface area (Å²) in [5.41, 5.74) is 0.0852. The van der Waals surface area contributed by atoms with Crippen LogP contribution in [0.3, 0.4) is 0 Å². The molecule has 2 heterocycles. The summed E-state index contributed by atoms with van der Waals surface area (Å²) in [5, 5.41) is 11.7. The van der Waals surface area contributed by atoms with Crippen molar-refractivity contribution in [1.29, 1.82) is 0 Å². The van der Waals surface area contributed by atoms with Crippen LogP contribution in [0.2, 0.25) is 0 Å². The molecule has 0 spiro atoms. The number of nitrogens with zero attached hydrogens (tertiary/aromatic N) is 1. The lowest BCUT2D eigenvalue weighted by molar-refractivity contribution is -0.146. The van der Waals surface area contributed by atoms with E-state index in [-0.39, 0.29) is 5.78 Å². The molecule has 3 rings (SSSR count). The van der Waals surface area contributed by atoms with Crippen LogP contribution in [0.25, 0.3) is 0 Å². The van der Waals surface area contributed by atoms with Gasteiger partial charge in [0.2, 0.25) is 0 Å². The smallest absolute Gasteiger partial charge is 0.314 e. The van der Waals surface area contributed by atoms with Crippen molar-refractivity contribution in [3.8, 4) is 0 Å². The van der Waals surface area contributed by atoms with E-state index in [4.69, 9.17) is 0 Å². The quantitative estimate of drug-likeness (QED) is 0.816. The first-order valence-corrected chi connectivity index (χ1v) is 9.08. The van der Waals surface area contributed by atoms with Crippen LogP contribution in [0.1, 0.15) is 34.5 Å². The van der Waals surface area contributed by atoms with E-state index in [0.29, 0.717) is 38.9 Å². The average Bonchev–Trinajstić information content (AvgIpc) is 3.15. The van der Waals surface area contributed by atoms with Crippen LogP contribution < -0.4 is 0 Å². The Bertz CT molecular complexity index is 689. The highest BCUT2D eigenvalue weighted by Crippen LogP contribution is 2.35. The molecule has 126 valence electrons. The first kappa shape index (κ1) is 16.9. The molecule has 0 aliphatic carbocycles. The van der Waals surface area contributed by atoms with Crippen molar-refractivity contribution in [2.24, 2.45) is 0 Å². The normalized spacial score (nSPS) is 17.5. The number of carboxylic acids is 1. The number of aliphatic carboxylic acids is 1. The first-order chi connectivity index (χ1) is 11.6. The van der Waals surface area contributed by atoms with Gasteiger partial charge in [0.1, 0.15) is 0 Å². The molecular formula is C19H21NO3S. The van der Waals surface area contributed by atoms with Crippen molar-refractivity contribution >= 4 is 23.1 Å². The van der Waals surface area contributed by atoms with Crippen LogP contribution in [0, 0.1) is 0 Å². The molecule has 0 saturated carbocycles. The molecule has 0 amide bonds. The second-order valence-corrected chi connectivity index (χ2v) is 7.19. The molecule has 1 N–H and O–H groups in total. The zero-order chi connectivity index (χ0) is 17.0. The zero-order valence-corrected chi connectivity index (χ0v) is 14.3. The van der Waals surface area contributed by atoms with Crippen molar-refractivity contribution in [3.63, 3.8) is 0 Å². The third kappa shape index (κ3) is 3.42. The fourth-order valence-corrected chi connectivity index (χ4v) is 4.06. The third-order valence-corrected chi connectivity index (χ3v) is 5.81. The van der Waals surface area contributed by atoms with Crippen molar-refractivity contribution in [2.45, 2.75) is 24.7 Å². The van der Waals surface area contributed by atoms with Gasteiger partial charge in [-0.3, -0.25) is 9.59 Å². The maximum Gasteiger partial charge on any atom is 0.314 e. The number of carboxylic acid groups (broad SMARTS) is 1. The predicted molar refractivity (Wildman–Crippen MR) is 94.7 cm³/mol. The lowest BCUT2D eigenvalue weighted by Gasteiger charge is -2.39. The molecule has 0 atom stereocenters. The summed E-state index contributed by atoms with van der Waals surface area (Å²) in [6, 6.07) is 13.3. The molecule has 2 aromatic rings. The van der Waals surface area contributed by atoms with Gasteiger partial charge in [0.15, 0.2) is 5.78 Å². The molecule has 5 heteroatoms. The maximum absolute atomic E-state index is 12.1. The highest BCUT2D eigenvalue weighted by Gasteiger charge is 2.42. The number of benzene rings is 1. The van der Waals surface area contributed by atoms with Gasteiger partial charge in [0.05, 0.1) is 10.3 Å². The van der Waals surface area contributed by atoms with Gasteiger partial charge in [-0.05, 0) is 42.9 Å². The molecule has 0 radical (unpaired) electrons. The molecule has 1 fully saturated rings. The number of carbonyl (C=O) groups excluding carboxylic acids is 1. The molecule has 1 aromatic heterocycles. The van der Waals surface area contributed by atoms with Crippen molar-refractivity contribution < 1.29 is 14.7 Å². The minimum Gasteiger partial charge on any atom is -0.481 e. The van der Waals surface area contributed by atoms with Crippen LogP contribution >= 0.6 is 11.3 Å². The largest absolute Gasteiger partial charge is 0.481 e. The molecule has 24 heavy (non-hydrogen) atoms. The molecule has 0 unspecified atom stereocenters. The minimum absolute atomic E-state index is 0.170. The summed E-state index contributed by atoms with van der Waals surface area (Å²) in [4.78, 5) is 27.0.